The summed E-state index contributed by atoms with van der Waals surface area (Å²) in [5, 5.41) is 0. The largest absolute Gasteiger partial charge is 0.371 e. The van der Waals surface area contributed by atoms with Crippen LogP contribution >= 0.6 is 0 Å². The Labute approximate surface area is 168 Å². The van der Waals surface area contributed by atoms with Crippen LogP contribution in [0.15, 0.2) is 42.6 Å². The zero-order valence-electron chi connectivity index (χ0n) is 18.9. The van der Waals surface area contributed by atoms with Crippen LogP contribution in [0.4, 0.5) is 0 Å². The molecular formula is C24H43N3. The molecule has 2 N–H and O–H groups in total. The van der Waals surface area contributed by atoms with Crippen LogP contribution in [0.2, 0.25) is 0 Å². The van der Waals surface area contributed by atoms with Crippen LogP contribution in [-0.2, 0) is 0 Å². The second kappa shape index (κ2) is 14.5. The SMILES string of the molecule is C=C(C(N)C/C(=C/C)c1ccccc1C)N1CCN(C)CC1.CC.CCC. The summed E-state index contributed by atoms with van der Waals surface area (Å²) in [7, 11) is 2.16. The zero-order chi connectivity index (χ0) is 20.8. The van der Waals surface area contributed by atoms with E-state index in [4.69, 9.17) is 5.73 Å². The van der Waals surface area contributed by atoms with Crippen molar-refractivity contribution in [1.82, 2.24) is 9.80 Å². The summed E-state index contributed by atoms with van der Waals surface area (Å²) < 4.78 is 0. The van der Waals surface area contributed by atoms with E-state index in [0.29, 0.717) is 0 Å². The predicted molar refractivity (Wildman–Crippen MR) is 123 cm³/mol. The molecule has 1 fully saturated rings. The molecule has 0 amide bonds. The molecule has 1 aliphatic heterocycles. The molecule has 3 nitrogen and oxygen atoms in total. The predicted octanol–water partition coefficient (Wildman–Crippen LogP) is 5.32. The smallest absolute Gasteiger partial charge is 0.0481 e. The highest BCUT2D eigenvalue weighted by Gasteiger charge is 2.20. The van der Waals surface area contributed by atoms with E-state index >= 15 is 0 Å². The summed E-state index contributed by atoms with van der Waals surface area (Å²) in [6.45, 7) is 21.0. The zero-order valence-corrected chi connectivity index (χ0v) is 18.9. The Bertz CT molecular complexity index is 554. The molecule has 1 unspecified atom stereocenters. The van der Waals surface area contributed by atoms with Gasteiger partial charge in [-0.3, -0.25) is 0 Å². The fourth-order valence-electron chi connectivity index (χ4n) is 3.00. The van der Waals surface area contributed by atoms with Gasteiger partial charge in [-0.05, 0) is 44.0 Å². The van der Waals surface area contributed by atoms with Crippen LogP contribution in [0.5, 0.6) is 0 Å². The Morgan fingerprint density at radius 3 is 2.15 bits per heavy atom. The quantitative estimate of drug-likeness (QED) is 0.758. The molecule has 2 rings (SSSR count). The summed E-state index contributed by atoms with van der Waals surface area (Å²) >= 11 is 0. The van der Waals surface area contributed by atoms with Gasteiger partial charge in [-0.2, -0.15) is 0 Å². The summed E-state index contributed by atoms with van der Waals surface area (Å²) in [5.74, 6) is 0. The average Bonchev–Trinajstić information content (AvgIpc) is 2.69. The van der Waals surface area contributed by atoms with Crippen LogP contribution < -0.4 is 5.73 Å². The first-order valence-corrected chi connectivity index (χ1v) is 10.5. The molecule has 154 valence electrons. The van der Waals surface area contributed by atoms with Crippen molar-refractivity contribution < 1.29 is 0 Å². The monoisotopic (exact) mass is 373 g/mol. The Morgan fingerprint density at radius 1 is 1.15 bits per heavy atom. The molecule has 1 atom stereocenters. The highest BCUT2D eigenvalue weighted by Crippen LogP contribution is 2.25. The minimum atomic E-state index is -0.0192. The Hall–Kier alpha value is -1.58. The molecule has 27 heavy (non-hydrogen) atoms. The average molecular weight is 374 g/mol. The Balaban J connectivity index is 0.00000123. The van der Waals surface area contributed by atoms with Gasteiger partial charge >= 0.3 is 0 Å². The van der Waals surface area contributed by atoms with Crippen molar-refractivity contribution in [2.24, 2.45) is 5.73 Å². The summed E-state index contributed by atoms with van der Waals surface area (Å²) in [6, 6.07) is 8.48. The number of hydrogen-bond donors (Lipinski definition) is 1. The van der Waals surface area contributed by atoms with E-state index < -0.39 is 0 Å². The van der Waals surface area contributed by atoms with Crippen LogP contribution in [0.1, 0.15) is 58.6 Å². The minimum absolute atomic E-state index is 0.0192. The number of nitrogens with two attached hydrogens (primary N) is 1. The molecular weight excluding hydrogens is 330 g/mol. The van der Waals surface area contributed by atoms with E-state index in [1.54, 1.807) is 0 Å². The molecule has 1 aromatic rings. The highest BCUT2D eigenvalue weighted by molar-refractivity contribution is 5.68. The van der Waals surface area contributed by atoms with E-state index in [-0.39, 0.29) is 6.04 Å². The van der Waals surface area contributed by atoms with Gasteiger partial charge < -0.3 is 15.5 Å². The first-order chi connectivity index (χ1) is 12.9. The van der Waals surface area contributed by atoms with Gasteiger partial charge in [-0.25, -0.2) is 0 Å². The van der Waals surface area contributed by atoms with Gasteiger partial charge in [-0.1, -0.05) is 71.0 Å². The van der Waals surface area contributed by atoms with Crippen molar-refractivity contribution >= 4 is 5.57 Å². The van der Waals surface area contributed by atoms with Crippen LogP contribution in [0.25, 0.3) is 5.57 Å². The molecule has 0 saturated carbocycles. The highest BCUT2D eigenvalue weighted by atomic mass is 15.3. The lowest BCUT2D eigenvalue weighted by molar-refractivity contribution is 0.180. The number of aryl methyl sites for hydroxylation is 1. The third kappa shape index (κ3) is 8.77. The van der Waals surface area contributed by atoms with E-state index in [2.05, 4.69) is 81.5 Å². The number of rotatable bonds is 5. The van der Waals surface area contributed by atoms with E-state index in [1.165, 1.54) is 23.1 Å². The van der Waals surface area contributed by atoms with Gasteiger partial charge in [0.25, 0.3) is 0 Å². The van der Waals surface area contributed by atoms with Gasteiger partial charge in [-0.15, -0.1) is 0 Å². The molecule has 0 radical (unpaired) electrons. The van der Waals surface area contributed by atoms with E-state index in [9.17, 15) is 0 Å². The topological polar surface area (TPSA) is 32.5 Å². The number of allylic oxidation sites excluding steroid dienone is 1. The van der Waals surface area contributed by atoms with Crippen molar-refractivity contribution in [2.75, 3.05) is 33.2 Å². The second-order valence-electron chi connectivity index (χ2n) is 6.93. The summed E-state index contributed by atoms with van der Waals surface area (Å²) in [6.07, 6.45) is 4.27. The maximum absolute atomic E-state index is 6.45. The third-order valence-corrected chi connectivity index (χ3v) is 4.62. The maximum Gasteiger partial charge on any atom is 0.0481 e. The lowest BCUT2D eigenvalue weighted by atomic mass is 9.94. The number of benzene rings is 1. The molecule has 1 aromatic carbocycles. The van der Waals surface area contributed by atoms with Gasteiger partial charge in [0.2, 0.25) is 0 Å². The van der Waals surface area contributed by atoms with Gasteiger partial charge in [0, 0.05) is 37.9 Å². The first kappa shape index (κ1) is 25.4. The summed E-state index contributed by atoms with van der Waals surface area (Å²) in [4.78, 5) is 4.69. The Kier molecular flexibility index (Phi) is 13.6. The molecule has 1 saturated heterocycles. The Morgan fingerprint density at radius 2 is 1.67 bits per heavy atom. The molecule has 0 bridgehead atoms. The minimum Gasteiger partial charge on any atom is -0.371 e. The molecule has 1 aliphatic rings. The molecule has 0 aromatic heterocycles. The fourth-order valence-corrected chi connectivity index (χ4v) is 3.00. The van der Waals surface area contributed by atoms with Crippen LogP contribution in [-0.4, -0.2) is 49.1 Å². The summed E-state index contributed by atoms with van der Waals surface area (Å²) in [5.41, 5.74) is 11.4. The van der Waals surface area contributed by atoms with Crippen LogP contribution in [0, 0.1) is 6.92 Å². The fraction of sp³-hybridized carbons (Fsp3) is 0.583. The van der Waals surface area contributed by atoms with Gasteiger partial charge in [0.15, 0.2) is 0 Å². The van der Waals surface area contributed by atoms with E-state index in [0.717, 1.165) is 38.3 Å². The lowest BCUT2D eigenvalue weighted by Gasteiger charge is -2.37. The van der Waals surface area contributed by atoms with Crippen molar-refractivity contribution in [3.63, 3.8) is 0 Å². The first-order valence-electron chi connectivity index (χ1n) is 10.5. The van der Waals surface area contributed by atoms with Crippen molar-refractivity contribution in [3.8, 4) is 0 Å². The van der Waals surface area contributed by atoms with Crippen molar-refractivity contribution in [2.45, 2.75) is 60.4 Å². The molecule has 0 spiro atoms. The third-order valence-electron chi connectivity index (χ3n) is 4.62. The number of piperazine rings is 1. The second-order valence-corrected chi connectivity index (χ2v) is 6.93. The van der Waals surface area contributed by atoms with Crippen LogP contribution in [0.3, 0.4) is 0 Å². The van der Waals surface area contributed by atoms with Gasteiger partial charge in [0.1, 0.15) is 0 Å². The van der Waals surface area contributed by atoms with Crippen molar-refractivity contribution in [1.29, 1.82) is 0 Å². The van der Waals surface area contributed by atoms with E-state index in [1.807, 2.05) is 13.8 Å². The lowest BCUT2D eigenvalue weighted by Crippen LogP contribution is -2.46. The maximum atomic E-state index is 6.45. The normalized spacial score (nSPS) is 15.9. The molecule has 0 aliphatic carbocycles. The molecule has 3 heteroatoms. The van der Waals surface area contributed by atoms with Crippen molar-refractivity contribution in [3.05, 3.63) is 53.7 Å². The van der Waals surface area contributed by atoms with Gasteiger partial charge in [0.05, 0.1) is 0 Å². The number of hydrogen-bond acceptors (Lipinski definition) is 3. The number of likely N-dealkylation sites (N-methyl/N-ethyl adjacent to an activating group) is 1. The number of nitrogens with zero attached hydrogens (tertiary/aromatic N) is 2. The molecule has 1 heterocycles. The standard InChI is InChI=1S/C19H29N3.C3H8.C2H6/c1-5-17(18-9-7-6-8-15(18)2)14-19(20)16(3)22-12-10-21(4)11-13-22;1-3-2;1-2/h5-9,19H,3,10-14,20H2,1-2,4H3;3H2,1-2H3;1-2H3/b17-5-;;.